The molecule has 140 valence electrons. The van der Waals surface area contributed by atoms with Gasteiger partial charge in [-0.15, -0.1) is 11.3 Å². The highest BCUT2D eigenvalue weighted by atomic mass is 32.1. The monoisotopic (exact) mass is 388 g/mol. The van der Waals surface area contributed by atoms with Crippen LogP contribution in [0.25, 0.3) is 0 Å². The number of rotatable bonds is 5. The van der Waals surface area contributed by atoms with Crippen LogP contribution in [0, 0.1) is 25.7 Å². The minimum Gasteiger partial charge on any atom is -0.326 e. The number of aryl methyl sites for hydroxylation is 2. The number of Topliss-reactive ketones (excluding diaryl/α,β-unsaturated/α-hetero) is 1. The predicted molar refractivity (Wildman–Crippen MR) is 113 cm³/mol. The minimum atomic E-state index is -0.187. The van der Waals surface area contributed by atoms with Crippen molar-refractivity contribution in [3.8, 4) is 11.8 Å². The third-order valence-electron chi connectivity index (χ3n) is 4.07. The third kappa shape index (κ3) is 5.38. The van der Waals surface area contributed by atoms with Crippen LogP contribution in [-0.2, 0) is 4.79 Å². The number of ketones is 1. The Labute approximate surface area is 168 Å². The van der Waals surface area contributed by atoms with Gasteiger partial charge in [0, 0.05) is 45.6 Å². The van der Waals surface area contributed by atoms with Crippen LogP contribution in [0.4, 0.5) is 5.69 Å². The molecule has 0 atom stereocenters. The molecule has 0 aliphatic carbocycles. The van der Waals surface area contributed by atoms with Gasteiger partial charge in [-0.05, 0) is 56.2 Å². The van der Waals surface area contributed by atoms with Crippen molar-refractivity contribution in [3.63, 3.8) is 0 Å². The maximum Gasteiger partial charge on any atom is 0.224 e. The number of hydrogen-bond donors (Lipinski definition) is 1. The Balaban J connectivity index is 1.58. The standard InChI is InChI=1S/C23H20N2O2S/c1-16-14-21(17(2)28-16)22(26)11-12-23(27)25-20-8-5-6-18(15-20)9-10-19-7-3-4-13-24-19/h3-8,13-15H,11-12H2,1-2H3,(H,25,27). The number of carbonyl (C=O) groups is 2. The first-order valence-corrected chi connectivity index (χ1v) is 9.76. The lowest BCUT2D eigenvalue weighted by Gasteiger charge is -2.05. The zero-order valence-corrected chi connectivity index (χ0v) is 16.6. The van der Waals surface area contributed by atoms with Gasteiger partial charge >= 0.3 is 0 Å². The number of anilines is 1. The second-order valence-electron chi connectivity index (χ2n) is 6.34. The Kier molecular flexibility index (Phi) is 6.36. The number of thiophene rings is 1. The normalized spacial score (nSPS) is 10.1. The lowest BCUT2D eigenvalue weighted by Crippen LogP contribution is -2.13. The van der Waals surface area contributed by atoms with Gasteiger partial charge in [-0.25, -0.2) is 4.98 Å². The number of nitrogens with zero attached hydrogens (tertiary/aromatic N) is 1. The Morgan fingerprint density at radius 2 is 1.89 bits per heavy atom. The van der Waals surface area contributed by atoms with Gasteiger partial charge in [-0.3, -0.25) is 9.59 Å². The summed E-state index contributed by atoms with van der Waals surface area (Å²) >= 11 is 1.60. The number of hydrogen-bond acceptors (Lipinski definition) is 4. The largest absolute Gasteiger partial charge is 0.326 e. The van der Waals surface area contributed by atoms with Crippen molar-refractivity contribution >= 4 is 28.7 Å². The van der Waals surface area contributed by atoms with Crippen LogP contribution in [0.3, 0.4) is 0 Å². The lowest BCUT2D eigenvalue weighted by molar-refractivity contribution is -0.116. The van der Waals surface area contributed by atoms with Crippen LogP contribution in [0.2, 0.25) is 0 Å². The summed E-state index contributed by atoms with van der Waals surface area (Å²) in [6.45, 7) is 3.91. The summed E-state index contributed by atoms with van der Waals surface area (Å²) in [6.07, 6.45) is 2.04. The molecule has 1 amide bonds. The molecule has 0 bridgehead atoms. The summed E-state index contributed by atoms with van der Waals surface area (Å²) < 4.78 is 0. The number of amides is 1. The fourth-order valence-corrected chi connectivity index (χ4v) is 3.68. The van der Waals surface area contributed by atoms with Crippen molar-refractivity contribution in [1.82, 2.24) is 4.98 Å². The topological polar surface area (TPSA) is 59.1 Å². The maximum absolute atomic E-state index is 12.3. The van der Waals surface area contributed by atoms with Crippen LogP contribution in [-0.4, -0.2) is 16.7 Å². The average Bonchev–Trinajstić information content (AvgIpc) is 3.04. The second-order valence-corrected chi connectivity index (χ2v) is 7.80. The summed E-state index contributed by atoms with van der Waals surface area (Å²) in [6, 6.07) is 14.8. The van der Waals surface area contributed by atoms with E-state index in [2.05, 4.69) is 22.1 Å². The smallest absolute Gasteiger partial charge is 0.224 e. The van der Waals surface area contributed by atoms with Gasteiger partial charge in [0.2, 0.25) is 5.91 Å². The van der Waals surface area contributed by atoms with E-state index in [4.69, 9.17) is 0 Å². The molecule has 0 unspecified atom stereocenters. The van der Waals surface area contributed by atoms with Crippen molar-refractivity contribution < 1.29 is 9.59 Å². The van der Waals surface area contributed by atoms with Gasteiger partial charge in [-0.1, -0.05) is 18.1 Å². The molecule has 1 aromatic carbocycles. The number of pyridine rings is 1. The molecule has 0 radical (unpaired) electrons. The molecule has 3 aromatic rings. The van der Waals surface area contributed by atoms with Gasteiger partial charge in [0.1, 0.15) is 5.69 Å². The van der Waals surface area contributed by atoms with Crippen molar-refractivity contribution in [2.24, 2.45) is 0 Å². The first kappa shape index (κ1) is 19.5. The van der Waals surface area contributed by atoms with E-state index in [1.807, 2.05) is 56.3 Å². The molecule has 4 nitrogen and oxygen atoms in total. The molecule has 2 heterocycles. The van der Waals surface area contributed by atoms with Gasteiger partial charge in [0.15, 0.2) is 5.78 Å². The average molecular weight is 388 g/mol. The number of aromatic nitrogens is 1. The summed E-state index contributed by atoms with van der Waals surface area (Å²) in [5.74, 6) is 5.85. The second kappa shape index (κ2) is 9.12. The third-order valence-corrected chi connectivity index (χ3v) is 5.03. The first-order valence-electron chi connectivity index (χ1n) is 8.94. The van der Waals surface area contributed by atoms with Crippen molar-refractivity contribution in [2.75, 3.05) is 5.32 Å². The highest BCUT2D eigenvalue weighted by Gasteiger charge is 2.14. The summed E-state index contributed by atoms with van der Waals surface area (Å²) in [4.78, 5) is 30.8. The Morgan fingerprint density at radius 1 is 1.04 bits per heavy atom. The number of nitrogens with one attached hydrogen (secondary N) is 1. The van der Waals surface area contributed by atoms with Crippen LogP contribution in [0.1, 0.15) is 44.2 Å². The molecule has 5 heteroatoms. The molecule has 28 heavy (non-hydrogen) atoms. The number of carbonyl (C=O) groups excluding carboxylic acids is 2. The Bertz CT molecular complexity index is 1060. The van der Waals surface area contributed by atoms with Crippen LogP contribution in [0.15, 0.2) is 54.7 Å². The molecular formula is C23H20N2O2S. The fourth-order valence-electron chi connectivity index (χ4n) is 2.74. The van der Waals surface area contributed by atoms with Crippen molar-refractivity contribution in [2.45, 2.75) is 26.7 Å². The van der Waals surface area contributed by atoms with Gasteiger partial charge in [-0.2, -0.15) is 0 Å². The van der Waals surface area contributed by atoms with E-state index in [0.29, 0.717) is 11.4 Å². The maximum atomic E-state index is 12.3. The number of benzene rings is 1. The van der Waals surface area contributed by atoms with Crippen LogP contribution in [0.5, 0.6) is 0 Å². The molecule has 3 rings (SSSR count). The fraction of sp³-hybridized carbons (Fsp3) is 0.174. The summed E-state index contributed by atoms with van der Waals surface area (Å²) in [7, 11) is 0. The molecular weight excluding hydrogens is 368 g/mol. The molecule has 2 aromatic heterocycles. The summed E-state index contributed by atoms with van der Waals surface area (Å²) in [5, 5.41) is 2.84. The summed E-state index contributed by atoms with van der Waals surface area (Å²) in [5.41, 5.74) is 2.85. The molecule has 0 saturated carbocycles. The van der Waals surface area contributed by atoms with Crippen LogP contribution < -0.4 is 5.32 Å². The van der Waals surface area contributed by atoms with Crippen LogP contribution >= 0.6 is 11.3 Å². The van der Waals surface area contributed by atoms with E-state index in [1.54, 1.807) is 23.6 Å². The van der Waals surface area contributed by atoms with Crippen molar-refractivity contribution in [1.29, 1.82) is 0 Å². The molecule has 0 spiro atoms. The first-order chi connectivity index (χ1) is 13.5. The Hall–Kier alpha value is -3.23. The molecule has 1 N–H and O–H groups in total. The highest BCUT2D eigenvalue weighted by molar-refractivity contribution is 7.12. The molecule has 0 aliphatic heterocycles. The minimum absolute atomic E-state index is 0.00646. The SMILES string of the molecule is Cc1cc(C(=O)CCC(=O)Nc2cccc(C#Cc3ccccn3)c2)c(C)s1. The van der Waals surface area contributed by atoms with E-state index in [-0.39, 0.29) is 24.5 Å². The van der Waals surface area contributed by atoms with Gasteiger partial charge < -0.3 is 5.32 Å². The predicted octanol–water partition coefficient (Wildman–Crippen LogP) is 4.76. The lowest BCUT2D eigenvalue weighted by atomic mass is 10.1. The van der Waals surface area contributed by atoms with Crippen molar-refractivity contribution in [3.05, 3.63) is 81.3 Å². The highest BCUT2D eigenvalue weighted by Crippen LogP contribution is 2.22. The van der Waals surface area contributed by atoms with E-state index < -0.39 is 0 Å². The molecule has 0 saturated heterocycles. The zero-order valence-electron chi connectivity index (χ0n) is 15.8. The molecule has 0 aliphatic rings. The Morgan fingerprint density at radius 3 is 2.61 bits per heavy atom. The van der Waals surface area contributed by atoms with E-state index >= 15 is 0 Å². The van der Waals surface area contributed by atoms with E-state index in [1.165, 1.54) is 0 Å². The van der Waals surface area contributed by atoms with Gasteiger partial charge in [0.05, 0.1) is 0 Å². The quantitative estimate of drug-likeness (QED) is 0.506. The molecule has 0 fully saturated rings. The zero-order chi connectivity index (χ0) is 19.9. The van der Waals surface area contributed by atoms with E-state index in [0.717, 1.165) is 20.9 Å². The van der Waals surface area contributed by atoms with Gasteiger partial charge in [0.25, 0.3) is 0 Å². The van der Waals surface area contributed by atoms with E-state index in [9.17, 15) is 9.59 Å².